The van der Waals surface area contributed by atoms with E-state index in [0.29, 0.717) is 40.4 Å². The minimum absolute atomic E-state index is 0.0275. The zero-order valence-corrected chi connectivity index (χ0v) is 24.2. The summed E-state index contributed by atoms with van der Waals surface area (Å²) in [6.45, 7) is 10.6. The third-order valence-corrected chi connectivity index (χ3v) is 7.24. The second-order valence-electron chi connectivity index (χ2n) is 10.6. The molecule has 210 valence electrons. The molecule has 2 heterocycles. The Morgan fingerprint density at radius 2 is 1.80 bits per heavy atom. The molecular formula is C32H39N5O3. The number of urea groups is 1. The number of amides is 2. The molecule has 2 amide bonds. The number of hydrogen-bond donors (Lipinski definition) is 2. The van der Waals surface area contributed by atoms with E-state index in [2.05, 4.69) is 11.9 Å². The molecular weight excluding hydrogens is 502 g/mol. The number of aryl methyl sites for hydroxylation is 1. The molecule has 0 fully saturated rings. The van der Waals surface area contributed by atoms with Crippen LogP contribution in [0.5, 0.6) is 5.75 Å². The summed E-state index contributed by atoms with van der Waals surface area (Å²) in [7, 11) is 1.59. The highest BCUT2D eigenvalue weighted by Crippen LogP contribution is 2.45. The van der Waals surface area contributed by atoms with Crippen LogP contribution < -0.4 is 26.7 Å². The Bertz CT molecular complexity index is 1610. The van der Waals surface area contributed by atoms with Gasteiger partial charge in [0.05, 0.1) is 12.8 Å². The first-order chi connectivity index (χ1) is 19.1. The summed E-state index contributed by atoms with van der Waals surface area (Å²) in [5.41, 5.74) is 17.1. The fourth-order valence-corrected chi connectivity index (χ4v) is 5.36. The largest absolute Gasteiger partial charge is 0.497 e. The van der Waals surface area contributed by atoms with E-state index in [4.69, 9.17) is 16.2 Å². The highest BCUT2D eigenvalue weighted by atomic mass is 16.5. The average Bonchev–Trinajstić information content (AvgIpc) is 2.92. The summed E-state index contributed by atoms with van der Waals surface area (Å²) in [5.74, 6) is 0.607. The lowest BCUT2D eigenvalue weighted by Gasteiger charge is -2.31. The highest BCUT2D eigenvalue weighted by molar-refractivity contribution is 6.09. The number of carbonyl (C=O) groups excluding carboxylic acids is 1. The number of rotatable bonds is 9. The summed E-state index contributed by atoms with van der Waals surface area (Å²) < 4.78 is 7.18. The van der Waals surface area contributed by atoms with E-state index in [1.54, 1.807) is 17.9 Å². The van der Waals surface area contributed by atoms with Crippen LogP contribution in [0.4, 0.5) is 21.9 Å². The van der Waals surface area contributed by atoms with Gasteiger partial charge in [-0.05, 0) is 59.7 Å². The first-order valence-electron chi connectivity index (χ1n) is 13.8. The third kappa shape index (κ3) is 5.13. The molecule has 0 bridgehead atoms. The number of methoxy groups -OCH3 is 1. The Morgan fingerprint density at radius 1 is 1.05 bits per heavy atom. The maximum atomic E-state index is 14.6. The van der Waals surface area contributed by atoms with E-state index in [9.17, 15) is 9.59 Å². The van der Waals surface area contributed by atoms with Crippen molar-refractivity contribution in [3.8, 4) is 16.9 Å². The molecule has 40 heavy (non-hydrogen) atoms. The summed E-state index contributed by atoms with van der Waals surface area (Å²) in [5, 5.41) is 0.730. The maximum Gasteiger partial charge on any atom is 0.324 e. The van der Waals surface area contributed by atoms with Gasteiger partial charge in [0.1, 0.15) is 17.1 Å². The van der Waals surface area contributed by atoms with Gasteiger partial charge in [-0.15, -0.1) is 0 Å². The Morgan fingerprint density at radius 3 is 2.42 bits per heavy atom. The number of aromatic nitrogens is 2. The van der Waals surface area contributed by atoms with Crippen LogP contribution in [-0.2, 0) is 6.54 Å². The molecule has 2 aromatic carbocycles. The van der Waals surface area contributed by atoms with Crippen LogP contribution in [0.2, 0.25) is 0 Å². The highest BCUT2D eigenvalue weighted by Gasteiger charge is 2.32. The zero-order chi connectivity index (χ0) is 29.1. The number of nitrogens with zero attached hydrogens (tertiary/aromatic N) is 3. The predicted octanol–water partition coefficient (Wildman–Crippen LogP) is 6.92. The van der Waals surface area contributed by atoms with Gasteiger partial charge in [-0.3, -0.25) is 14.3 Å². The van der Waals surface area contributed by atoms with Crippen molar-refractivity contribution in [3.63, 3.8) is 0 Å². The van der Waals surface area contributed by atoms with E-state index < -0.39 is 6.03 Å². The Hall–Kier alpha value is -4.33. The van der Waals surface area contributed by atoms with Crippen LogP contribution >= 0.6 is 0 Å². The van der Waals surface area contributed by atoms with Gasteiger partial charge in [0.25, 0.3) is 5.56 Å². The lowest BCUT2D eigenvalue weighted by molar-refractivity contribution is 0.256. The van der Waals surface area contributed by atoms with Crippen molar-refractivity contribution >= 4 is 34.1 Å². The summed E-state index contributed by atoms with van der Waals surface area (Å²) in [6.07, 6.45) is 3.33. The SMILES string of the molecule is CCCCn1c(=O)c(N(C(N)=O)c2c(C(C)C)ccc(N)c2C(C)C)c(-c2cccc(OC)c2)c2cccnc21. The molecule has 0 spiro atoms. The maximum absolute atomic E-state index is 14.6. The number of anilines is 3. The number of carbonyl (C=O) groups is 1. The molecule has 0 saturated heterocycles. The molecule has 2 aromatic heterocycles. The van der Waals surface area contributed by atoms with Crippen molar-refractivity contribution in [2.45, 2.75) is 65.8 Å². The molecule has 0 aliphatic heterocycles. The van der Waals surface area contributed by atoms with Crippen molar-refractivity contribution in [1.29, 1.82) is 0 Å². The molecule has 0 saturated carbocycles. The summed E-state index contributed by atoms with van der Waals surface area (Å²) in [6, 6.07) is 14.2. The van der Waals surface area contributed by atoms with Crippen LogP contribution in [0.25, 0.3) is 22.2 Å². The summed E-state index contributed by atoms with van der Waals surface area (Å²) >= 11 is 0. The number of nitrogen functional groups attached to an aromatic ring is 1. The Balaban J connectivity index is 2.27. The number of fused-ring (bicyclic) bond motifs is 1. The van der Waals surface area contributed by atoms with Crippen LogP contribution in [0.1, 0.15) is 70.4 Å². The standard InChI is InChI=1S/C32H39N5O3/c1-7-8-17-36-30-24(13-10-16-35-30)27(21-11-9-12-22(18-21)40-6)29(31(36)38)37(32(34)39)28-23(19(2)3)14-15-25(33)26(28)20(4)5/h9-16,18-20H,7-8,17,33H2,1-6H3,(H2,34,39). The van der Waals surface area contributed by atoms with Gasteiger partial charge in [0, 0.05) is 34.9 Å². The van der Waals surface area contributed by atoms with Crippen molar-refractivity contribution < 1.29 is 9.53 Å². The van der Waals surface area contributed by atoms with Gasteiger partial charge in [-0.2, -0.15) is 0 Å². The zero-order valence-electron chi connectivity index (χ0n) is 24.2. The van der Waals surface area contributed by atoms with Crippen molar-refractivity contribution in [2.24, 2.45) is 5.73 Å². The second-order valence-corrected chi connectivity index (χ2v) is 10.6. The average molecular weight is 542 g/mol. The van der Waals surface area contributed by atoms with Crippen molar-refractivity contribution in [1.82, 2.24) is 9.55 Å². The van der Waals surface area contributed by atoms with E-state index in [1.165, 1.54) is 4.90 Å². The molecule has 0 unspecified atom stereocenters. The number of hydrogen-bond acceptors (Lipinski definition) is 5. The van der Waals surface area contributed by atoms with Gasteiger partial charge >= 0.3 is 6.03 Å². The fourth-order valence-electron chi connectivity index (χ4n) is 5.36. The van der Waals surface area contributed by atoms with Gasteiger partial charge in [-0.25, -0.2) is 9.78 Å². The number of nitrogens with two attached hydrogens (primary N) is 2. The monoisotopic (exact) mass is 541 g/mol. The minimum atomic E-state index is -0.763. The predicted molar refractivity (Wildman–Crippen MR) is 164 cm³/mol. The third-order valence-electron chi connectivity index (χ3n) is 7.24. The lowest BCUT2D eigenvalue weighted by Crippen LogP contribution is -2.39. The molecule has 4 N–H and O–H groups in total. The number of primary amides is 1. The van der Waals surface area contributed by atoms with Crippen LogP contribution in [0.15, 0.2) is 59.5 Å². The molecule has 8 heteroatoms. The molecule has 0 aliphatic rings. The first-order valence-corrected chi connectivity index (χ1v) is 13.8. The number of benzene rings is 2. The normalized spacial score (nSPS) is 11.4. The number of ether oxygens (including phenoxy) is 1. The lowest BCUT2D eigenvalue weighted by atomic mass is 9.89. The quantitative estimate of drug-likeness (QED) is 0.223. The first kappa shape index (κ1) is 28.7. The molecule has 0 atom stereocenters. The van der Waals surface area contributed by atoms with Gasteiger partial charge in [0.2, 0.25) is 0 Å². The Kier molecular flexibility index (Phi) is 8.47. The molecule has 4 aromatic rings. The van der Waals surface area contributed by atoms with Crippen LogP contribution in [-0.4, -0.2) is 22.7 Å². The second kappa shape index (κ2) is 11.8. The topological polar surface area (TPSA) is 116 Å². The minimum Gasteiger partial charge on any atom is -0.497 e. The molecule has 4 rings (SSSR count). The van der Waals surface area contributed by atoms with Gasteiger partial charge in [0.15, 0.2) is 0 Å². The molecule has 8 nitrogen and oxygen atoms in total. The van der Waals surface area contributed by atoms with E-state index in [1.807, 2.05) is 76.2 Å². The van der Waals surface area contributed by atoms with Crippen molar-refractivity contribution in [3.05, 3.63) is 76.2 Å². The summed E-state index contributed by atoms with van der Waals surface area (Å²) in [4.78, 5) is 34.2. The van der Waals surface area contributed by atoms with E-state index in [-0.39, 0.29) is 23.1 Å². The van der Waals surface area contributed by atoms with Gasteiger partial charge in [-0.1, -0.05) is 59.2 Å². The smallest absolute Gasteiger partial charge is 0.324 e. The van der Waals surface area contributed by atoms with E-state index in [0.717, 1.165) is 29.4 Å². The molecule has 0 radical (unpaired) electrons. The molecule has 0 aliphatic carbocycles. The van der Waals surface area contributed by atoms with Gasteiger partial charge < -0.3 is 16.2 Å². The fraction of sp³-hybridized carbons (Fsp3) is 0.344. The number of unbranched alkanes of at least 4 members (excludes halogenated alkanes) is 1. The van der Waals surface area contributed by atoms with Crippen molar-refractivity contribution in [2.75, 3.05) is 17.7 Å². The van der Waals surface area contributed by atoms with Crippen LogP contribution in [0.3, 0.4) is 0 Å². The number of pyridine rings is 2. The Labute approximate surface area is 235 Å². The van der Waals surface area contributed by atoms with E-state index >= 15 is 0 Å². The van der Waals surface area contributed by atoms with Crippen LogP contribution in [0, 0.1) is 0 Å².